The van der Waals surface area contributed by atoms with Gasteiger partial charge in [-0.1, -0.05) is 25.9 Å². The lowest BCUT2D eigenvalue weighted by molar-refractivity contribution is -0.397. The largest absolute Gasteiger partial charge is 0.456 e. The molecule has 0 spiro atoms. The van der Waals surface area contributed by atoms with E-state index in [1.165, 1.54) is 0 Å². The van der Waals surface area contributed by atoms with Gasteiger partial charge in [0.15, 0.2) is 8.32 Å². The lowest BCUT2D eigenvalue weighted by Gasteiger charge is -2.36. The molecular formula is C11H21BrN4O4Si. The van der Waals surface area contributed by atoms with Crippen molar-refractivity contribution >= 4 is 30.2 Å². The summed E-state index contributed by atoms with van der Waals surface area (Å²) in [6.07, 6.45) is -0.883. The van der Waals surface area contributed by atoms with Gasteiger partial charge in [0.2, 0.25) is 0 Å². The minimum atomic E-state index is -1.96. The number of hydrogen-bond acceptors (Lipinski definition) is 6. The number of nitro groups is 1. The molecule has 1 unspecified atom stereocenters. The van der Waals surface area contributed by atoms with E-state index in [4.69, 9.17) is 4.43 Å². The van der Waals surface area contributed by atoms with Gasteiger partial charge in [-0.25, -0.2) is 0 Å². The summed E-state index contributed by atoms with van der Waals surface area (Å²) < 4.78 is 7.06. The fourth-order valence-electron chi connectivity index (χ4n) is 1.34. The maximum atomic E-state index is 10.8. The summed E-state index contributed by atoms with van der Waals surface area (Å²) in [5.74, 6) is -0.409. The van der Waals surface area contributed by atoms with Crippen molar-refractivity contribution in [1.82, 2.24) is 14.8 Å². The second kappa shape index (κ2) is 6.51. The topological polar surface area (TPSA) is 103 Å². The van der Waals surface area contributed by atoms with Crippen LogP contribution in [0.15, 0.2) is 4.73 Å². The summed E-state index contributed by atoms with van der Waals surface area (Å²) in [6.45, 7) is 10.5. The highest BCUT2D eigenvalue weighted by Gasteiger charge is 2.37. The Balaban J connectivity index is 2.67. The van der Waals surface area contributed by atoms with E-state index in [1.54, 1.807) is 0 Å². The van der Waals surface area contributed by atoms with Crippen molar-refractivity contribution in [2.24, 2.45) is 0 Å². The number of hydrogen-bond donors (Lipinski definition) is 1. The van der Waals surface area contributed by atoms with Crippen LogP contribution in [0, 0.1) is 10.1 Å². The van der Waals surface area contributed by atoms with Crippen LogP contribution < -0.4 is 0 Å². The van der Waals surface area contributed by atoms with E-state index in [2.05, 4.69) is 59.9 Å². The van der Waals surface area contributed by atoms with Gasteiger partial charge in [0.25, 0.3) is 0 Å². The van der Waals surface area contributed by atoms with Gasteiger partial charge in [-0.15, -0.1) is 4.68 Å². The third-order valence-corrected chi connectivity index (χ3v) is 8.45. The van der Waals surface area contributed by atoms with Gasteiger partial charge in [0, 0.05) is 15.9 Å². The van der Waals surface area contributed by atoms with Crippen LogP contribution in [0.4, 0.5) is 5.95 Å². The van der Waals surface area contributed by atoms with Crippen LogP contribution in [0.25, 0.3) is 0 Å². The zero-order valence-corrected chi connectivity index (χ0v) is 15.4. The van der Waals surface area contributed by atoms with Crippen molar-refractivity contribution in [2.45, 2.75) is 51.6 Å². The Kier molecular flexibility index (Phi) is 5.64. The summed E-state index contributed by atoms with van der Waals surface area (Å²) in [5, 5.41) is 24.7. The molecule has 0 fully saturated rings. The molecular weight excluding hydrogens is 360 g/mol. The van der Waals surface area contributed by atoms with Gasteiger partial charge in [0.1, 0.15) is 12.6 Å². The third kappa shape index (κ3) is 4.83. The second-order valence-corrected chi connectivity index (χ2v) is 11.9. The molecule has 1 aromatic heterocycles. The average molecular weight is 381 g/mol. The number of aromatic nitrogens is 3. The lowest BCUT2D eigenvalue weighted by atomic mass is 10.2. The van der Waals surface area contributed by atoms with Crippen LogP contribution in [-0.2, 0) is 11.0 Å². The van der Waals surface area contributed by atoms with E-state index in [0.717, 1.165) is 4.68 Å². The normalized spacial score (nSPS) is 14.2. The summed E-state index contributed by atoms with van der Waals surface area (Å²) in [6, 6.07) is 0. The molecule has 1 rings (SSSR count). The average Bonchev–Trinajstić information content (AvgIpc) is 2.66. The van der Waals surface area contributed by atoms with E-state index < -0.39 is 25.3 Å². The Labute approximate surface area is 132 Å². The molecule has 0 amide bonds. The first-order valence-corrected chi connectivity index (χ1v) is 10.2. The zero-order chi connectivity index (χ0) is 16.4. The van der Waals surface area contributed by atoms with Crippen molar-refractivity contribution in [2.75, 3.05) is 6.61 Å². The summed E-state index contributed by atoms with van der Waals surface area (Å²) in [7, 11) is -1.96. The first kappa shape index (κ1) is 18.2. The summed E-state index contributed by atoms with van der Waals surface area (Å²) in [4.78, 5) is 13.8. The number of aliphatic hydroxyl groups excluding tert-OH is 1. The molecule has 21 heavy (non-hydrogen) atoms. The minimum Gasteiger partial charge on any atom is -0.414 e. The highest BCUT2D eigenvalue weighted by atomic mass is 79.9. The molecule has 8 nitrogen and oxygen atoms in total. The highest BCUT2D eigenvalue weighted by molar-refractivity contribution is 9.10. The maximum Gasteiger partial charge on any atom is 0.456 e. The molecule has 1 heterocycles. The number of rotatable bonds is 6. The molecule has 1 aromatic rings. The molecule has 0 saturated heterocycles. The van der Waals surface area contributed by atoms with Crippen molar-refractivity contribution in [3.63, 3.8) is 0 Å². The predicted molar refractivity (Wildman–Crippen MR) is 83.5 cm³/mol. The zero-order valence-electron chi connectivity index (χ0n) is 12.8. The Morgan fingerprint density at radius 1 is 1.52 bits per heavy atom. The van der Waals surface area contributed by atoms with Gasteiger partial charge in [-0.3, -0.25) is 0 Å². The number of aliphatic hydroxyl groups is 1. The van der Waals surface area contributed by atoms with E-state index in [9.17, 15) is 15.2 Å². The first-order chi connectivity index (χ1) is 9.44. The molecule has 1 atom stereocenters. The second-order valence-electron chi connectivity index (χ2n) is 6.35. The predicted octanol–water partition coefficient (Wildman–Crippen LogP) is 2.33. The minimum absolute atomic E-state index is 0.0367. The van der Waals surface area contributed by atoms with Crippen molar-refractivity contribution < 1.29 is 14.5 Å². The Morgan fingerprint density at radius 3 is 2.57 bits per heavy atom. The van der Waals surface area contributed by atoms with Crippen LogP contribution in [0.2, 0.25) is 18.1 Å². The van der Waals surface area contributed by atoms with E-state index >= 15 is 0 Å². The number of halogens is 1. The fourth-order valence-corrected chi connectivity index (χ4v) is 2.73. The third-order valence-electron chi connectivity index (χ3n) is 3.62. The van der Waals surface area contributed by atoms with Gasteiger partial charge in [-0.05, 0) is 28.0 Å². The van der Waals surface area contributed by atoms with Gasteiger partial charge in [-0.2, -0.15) is 0 Å². The first-order valence-electron chi connectivity index (χ1n) is 6.51. The molecule has 1 N–H and O–H groups in total. The Bertz CT molecular complexity index is 515. The van der Waals surface area contributed by atoms with Crippen LogP contribution in [0.5, 0.6) is 0 Å². The SMILES string of the molecule is CC(C)(C)[Si](C)(C)OCC(O)Cn1nc(Br)nc1[N+](=O)[O-]. The Hall–Kier alpha value is -0.843. The monoisotopic (exact) mass is 380 g/mol. The quantitative estimate of drug-likeness (QED) is 0.461. The van der Waals surface area contributed by atoms with E-state index in [-0.39, 0.29) is 22.9 Å². The van der Waals surface area contributed by atoms with Crippen molar-refractivity contribution in [3.8, 4) is 0 Å². The molecule has 10 heteroatoms. The van der Waals surface area contributed by atoms with Crippen molar-refractivity contribution in [1.29, 1.82) is 0 Å². The molecule has 120 valence electrons. The highest BCUT2D eigenvalue weighted by Crippen LogP contribution is 2.36. The molecule has 0 aliphatic carbocycles. The summed E-state index contributed by atoms with van der Waals surface area (Å²) in [5.41, 5.74) is 0. The molecule has 0 saturated carbocycles. The van der Waals surface area contributed by atoms with Crippen LogP contribution in [0.1, 0.15) is 20.8 Å². The standard InChI is InChI=1S/C11H21BrN4O4Si/c1-11(2,3)21(4,5)20-7-8(17)6-15-10(16(18)19)13-9(12)14-15/h8,17H,6-7H2,1-5H3. The fraction of sp³-hybridized carbons (Fsp3) is 0.818. The van der Waals surface area contributed by atoms with Crippen LogP contribution >= 0.6 is 15.9 Å². The van der Waals surface area contributed by atoms with Crippen LogP contribution in [0.3, 0.4) is 0 Å². The van der Waals surface area contributed by atoms with E-state index in [0.29, 0.717) is 0 Å². The van der Waals surface area contributed by atoms with Gasteiger partial charge < -0.3 is 19.6 Å². The molecule has 0 aromatic carbocycles. The van der Waals surface area contributed by atoms with E-state index in [1.807, 2.05) is 0 Å². The molecule has 0 aliphatic heterocycles. The van der Waals surface area contributed by atoms with Crippen LogP contribution in [-0.4, -0.2) is 45.8 Å². The molecule has 0 radical (unpaired) electrons. The van der Waals surface area contributed by atoms with Gasteiger partial charge in [0.05, 0.1) is 6.61 Å². The molecule has 0 bridgehead atoms. The lowest BCUT2D eigenvalue weighted by Crippen LogP contribution is -2.43. The summed E-state index contributed by atoms with van der Waals surface area (Å²) >= 11 is 2.98. The molecule has 0 aliphatic rings. The van der Waals surface area contributed by atoms with Crippen molar-refractivity contribution in [3.05, 3.63) is 14.8 Å². The maximum absolute atomic E-state index is 10.8. The number of nitrogens with zero attached hydrogens (tertiary/aromatic N) is 4. The Morgan fingerprint density at radius 2 is 2.10 bits per heavy atom. The van der Waals surface area contributed by atoms with Gasteiger partial charge >= 0.3 is 10.7 Å². The smallest absolute Gasteiger partial charge is 0.414 e.